The lowest BCUT2D eigenvalue weighted by atomic mass is 9.99. The van der Waals surface area contributed by atoms with E-state index in [9.17, 15) is 4.79 Å². The summed E-state index contributed by atoms with van der Waals surface area (Å²) in [6, 6.07) is 3.50. The Morgan fingerprint density at radius 1 is 1.38 bits per heavy atom. The molecule has 0 unspecified atom stereocenters. The Morgan fingerprint density at radius 3 is 3.00 bits per heavy atom. The van der Waals surface area contributed by atoms with Crippen molar-refractivity contribution in [3.63, 3.8) is 0 Å². The molecule has 7 nitrogen and oxygen atoms in total. The molecule has 1 fully saturated rings. The van der Waals surface area contributed by atoms with Crippen molar-refractivity contribution in [2.75, 3.05) is 13.1 Å². The molecule has 0 saturated carbocycles. The summed E-state index contributed by atoms with van der Waals surface area (Å²) >= 11 is 0. The molecule has 7 heteroatoms. The quantitative estimate of drug-likeness (QED) is 0.712. The number of hydrogen-bond donors (Lipinski definition) is 0. The highest BCUT2D eigenvalue weighted by Gasteiger charge is 2.36. The Kier molecular flexibility index (Phi) is 2.53. The first-order chi connectivity index (χ1) is 10.2. The molecule has 3 aromatic rings. The van der Waals surface area contributed by atoms with Gasteiger partial charge in [-0.2, -0.15) is 4.98 Å². The van der Waals surface area contributed by atoms with E-state index in [1.807, 2.05) is 0 Å². The minimum atomic E-state index is -0.102. The lowest BCUT2D eigenvalue weighted by Crippen LogP contribution is -2.48. The number of carbonyl (C=O) groups is 1. The molecule has 1 amide bonds. The van der Waals surface area contributed by atoms with Crippen LogP contribution in [0.2, 0.25) is 0 Å². The van der Waals surface area contributed by atoms with Crippen molar-refractivity contribution >= 4 is 16.9 Å². The number of carbonyl (C=O) groups excluding carboxylic acids is 1. The van der Waals surface area contributed by atoms with Gasteiger partial charge in [0.15, 0.2) is 5.82 Å². The van der Waals surface area contributed by atoms with Crippen LogP contribution in [0.25, 0.3) is 11.0 Å². The van der Waals surface area contributed by atoms with E-state index in [0.717, 1.165) is 5.39 Å². The maximum atomic E-state index is 12.5. The molecule has 4 heterocycles. The third-order valence-corrected chi connectivity index (χ3v) is 3.64. The van der Waals surface area contributed by atoms with Crippen molar-refractivity contribution in [2.24, 2.45) is 0 Å². The van der Waals surface area contributed by atoms with E-state index in [0.29, 0.717) is 36.1 Å². The van der Waals surface area contributed by atoms with Crippen LogP contribution in [0.5, 0.6) is 0 Å². The maximum absolute atomic E-state index is 12.5. The van der Waals surface area contributed by atoms with E-state index in [-0.39, 0.29) is 11.8 Å². The van der Waals surface area contributed by atoms with Crippen molar-refractivity contribution in [1.29, 1.82) is 0 Å². The molecule has 0 N–H and O–H groups in total. The molecule has 1 aliphatic rings. The molecular weight excluding hydrogens is 272 g/mol. The number of rotatable bonds is 2. The zero-order valence-electron chi connectivity index (χ0n) is 11.3. The number of aryl methyl sites for hydroxylation is 1. The molecule has 21 heavy (non-hydrogen) atoms. The molecule has 1 saturated heterocycles. The van der Waals surface area contributed by atoms with Crippen LogP contribution in [0.3, 0.4) is 0 Å². The average Bonchev–Trinajstić information content (AvgIpc) is 3.05. The zero-order chi connectivity index (χ0) is 14.4. The molecule has 106 valence electrons. The average molecular weight is 284 g/mol. The van der Waals surface area contributed by atoms with Gasteiger partial charge >= 0.3 is 0 Å². The highest BCUT2D eigenvalue weighted by atomic mass is 16.5. The first kappa shape index (κ1) is 12.1. The number of pyridine rings is 1. The van der Waals surface area contributed by atoms with Gasteiger partial charge in [0, 0.05) is 19.3 Å². The third kappa shape index (κ3) is 1.89. The Hall–Kier alpha value is -2.70. The van der Waals surface area contributed by atoms with E-state index in [1.165, 1.54) is 0 Å². The highest BCUT2D eigenvalue weighted by Crippen LogP contribution is 2.28. The molecule has 0 aromatic carbocycles. The molecule has 0 spiro atoms. The molecule has 0 aliphatic carbocycles. The van der Waals surface area contributed by atoms with Gasteiger partial charge in [-0.15, -0.1) is 0 Å². The Morgan fingerprint density at radius 2 is 2.24 bits per heavy atom. The second-order valence-electron chi connectivity index (χ2n) is 5.08. The molecule has 0 atom stereocenters. The largest absolute Gasteiger partial charge is 0.464 e. The maximum Gasteiger partial charge on any atom is 0.273 e. The first-order valence-corrected chi connectivity index (χ1v) is 6.64. The molecule has 1 aliphatic heterocycles. The summed E-state index contributed by atoms with van der Waals surface area (Å²) in [5, 5.41) is 4.50. The predicted octanol–water partition coefficient (Wildman–Crippen LogP) is 1.76. The fourth-order valence-corrected chi connectivity index (χ4v) is 2.49. The number of likely N-dealkylation sites (tertiary alicyclic amines) is 1. The van der Waals surface area contributed by atoms with Crippen LogP contribution in [0, 0.1) is 6.92 Å². The smallest absolute Gasteiger partial charge is 0.273 e. The van der Waals surface area contributed by atoms with Gasteiger partial charge in [-0.1, -0.05) is 5.16 Å². The number of furan rings is 1. The highest BCUT2D eigenvalue weighted by molar-refractivity contribution is 6.04. The standard InChI is InChI=1S/C14H12N4O3/c1-8-16-13(21-17-8)9-6-18(7-9)14(19)12-10-3-5-20-11(10)2-4-15-12/h2-5,9H,6-7H2,1H3. The monoisotopic (exact) mass is 284 g/mol. The number of fused-ring (bicyclic) bond motifs is 1. The Balaban J connectivity index is 1.53. The van der Waals surface area contributed by atoms with Crippen molar-refractivity contribution in [3.8, 4) is 0 Å². The van der Waals surface area contributed by atoms with Crippen molar-refractivity contribution in [1.82, 2.24) is 20.0 Å². The first-order valence-electron chi connectivity index (χ1n) is 6.64. The van der Waals surface area contributed by atoms with Crippen LogP contribution < -0.4 is 0 Å². The van der Waals surface area contributed by atoms with Crippen molar-refractivity contribution in [3.05, 3.63) is 42.0 Å². The van der Waals surface area contributed by atoms with Gasteiger partial charge < -0.3 is 13.8 Å². The Bertz CT molecular complexity index is 816. The summed E-state index contributed by atoms with van der Waals surface area (Å²) in [4.78, 5) is 22.6. The molecule has 3 aromatic heterocycles. The van der Waals surface area contributed by atoms with Crippen LogP contribution in [0.4, 0.5) is 0 Å². The van der Waals surface area contributed by atoms with E-state index in [2.05, 4.69) is 15.1 Å². The number of nitrogens with zero attached hydrogens (tertiary/aromatic N) is 4. The van der Waals surface area contributed by atoms with E-state index >= 15 is 0 Å². The summed E-state index contributed by atoms with van der Waals surface area (Å²) < 4.78 is 10.4. The normalized spacial score (nSPS) is 15.4. The second kappa shape index (κ2) is 4.41. The summed E-state index contributed by atoms with van der Waals surface area (Å²) in [5.74, 6) is 1.21. The van der Waals surface area contributed by atoms with Crippen LogP contribution in [-0.4, -0.2) is 39.0 Å². The van der Waals surface area contributed by atoms with Crippen LogP contribution >= 0.6 is 0 Å². The van der Waals surface area contributed by atoms with Crippen molar-refractivity contribution in [2.45, 2.75) is 12.8 Å². The minimum Gasteiger partial charge on any atom is -0.464 e. The summed E-state index contributed by atoms with van der Waals surface area (Å²) in [6.45, 7) is 2.91. The lowest BCUT2D eigenvalue weighted by molar-refractivity contribution is 0.0565. The van der Waals surface area contributed by atoms with Gasteiger partial charge in [0.05, 0.1) is 17.6 Å². The molecule has 4 rings (SSSR count). The fourth-order valence-electron chi connectivity index (χ4n) is 2.49. The number of hydrogen-bond acceptors (Lipinski definition) is 6. The number of amides is 1. The van der Waals surface area contributed by atoms with E-state index < -0.39 is 0 Å². The van der Waals surface area contributed by atoms with Crippen LogP contribution in [0.1, 0.15) is 28.1 Å². The van der Waals surface area contributed by atoms with Gasteiger partial charge in [-0.25, -0.2) is 0 Å². The van der Waals surface area contributed by atoms with Crippen LogP contribution in [-0.2, 0) is 0 Å². The van der Waals surface area contributed by atoms with Gasteiger partial charge in [-0.05, 0) is 19.1 Å². The Labute approximate surface area is 119 Å². The van der Waals surface area contributed by atoms with E-state index in [4.69, 9.17) is 8.94 Å². The molecular formula is C14H12N4O3. The van der Waals surface area contributed by atoms with Gasteiger partial charge in [0.1, 0.15) is 11.3 Å². The summed E-state index contributed by atoms with van der Waals surface area (Å²) in [7, 11) is 0. The van der Waals surface area contributed by atoms with E-state index in [1.54, 1.807) is 36.4 Å². The van der Waals surface area contributed by atoms with Gasteiger partial charge in [0.25, 0.3) is 5.91 Å². The summed E-state index contributed by atoms with van der Waals surface area (Å²) in [6.07, 6.45) is 3.14. The topological polar surface area (TPSA) is 85.3 Å². The summed E-state index contributed by atoms with van der Waals surface area (Å²) in [5.41, 5.74) is 1.08. The minimum absolute atomic E-state index is 0.102. The SMILES string of the molecule is Cc1noc(C2CN(C(=O)c3nccc4occc34)C2)n1. The third-order valence-electron chi connectivity index (χ3n) is 3.64. The molecule has 0 bridgehead atoms. The van der Waals surface area contributed by atoms with Gasteiger partial charge in [-0.3, -0.25) is 9.78 Å². The number of aromatic nitrogens is 3. The van der Waals surface area contributed by atoms with Crippen molar-refractivity contribution < 1.29 is 13.7 Å². The molecule has 0 radical (unpaired) electrons. The predicted molar refractivity (Wildman–Crippen MR) is 71.7 cm³/mol. The zero-order valence-corrected chi connectivity index (χ0v) is 11.3. The lowest BCUT2D eigenvalue weighted by Gasteiger charge is -2.36. The van der Waals surface area contributed by atoms with Crippen LogP contribution in [0.15, 0.2) is 33.5 Å². The second-order valence-corrected chi connectivity index (χ2v) is 5.08. The van der Waals surface area contributed by atoms with Gasteiger partial charge in [0.2, 0.25) is 5.89 Å². The fraction of sp³-hybridized carbons (Fsp3) is 0.286.